The second-order valence-corrected chi connectivity index (χ2v) is 8.83. The third-order valence-electron chi connectivity index (χ3n) is 5.77. The van der Waals surface area contributed by atoms with Crippen LogP contribution in [0.3, 0.4) is 0 Å². The molecule has 1 aliphatic heterocycles. The van der Waals surface area contributed by atoms with Crippen LogP contribution in [0.25, 0.3) is 5.65 Å². The van der Waals surface area contributed by atoms with Crippen LogP contribution >= 0.6 is 11.3 Å². The minimum absolute atomic E-state index is 0.0412. The number of pyridine rings is 1. The van der Waals surface area contributed by atoms with Crippen molar-refractivity contribution < 1.29 is 18.0 Å². The van der Waals surface area contributed by atoms with Crippen molar-refractivity contribution in [2.45, 2.75) is 31.9 Å². The van der Waals surface area contributed by atoms with Crippen LogP contribution < -0.4 is 4.90 Å². The van der Waals surface area contributed by atoms with Crippen molar-refractivity contribution >= 4 is 28.8 Å². The standard InChI is InChI=1S/C20H20F3N5OS/c21-20(22,23)14-5-6-17-24-25-19(28(17)12-14)27-9-7-26(8-10-27)18(29)16-11-13-3-1-2-4-15(13)30-16/h5-6,11-12H,1-4,7-10H2. The van der Waals surface area contributed by atoms with E-state index in [2.05, 4.69) is 10.2 Å². The number of amides is 1. The molecular weight excluding hydrogens is 415 g/mol. The number of aromatic nitrogens is 3. The zero-order chi connectivity index (χ0) is 20.9. The molecule has 1 amide bonds. The summed E-state index contributed by atoms with van der Waals surface area (Å²) in [5.41, 5.74) is 0.927. The molecule has 0 saturated carbocycles. The number of hydrogen-bond acceptors (Lipinski definition) is 5. The molecule has 1 fully saturated rings. The maximum absolute atomic E-state index is 13.1. The molecule has 1 saturated heterocycles. The van der Waals surface area contributed by atoms with E-state index in [1.807, 2.05) is 15.9 Å². The molecule has 5 rings (SSSR count). The van der Waals surface area contributed by atoms with Gasteiger partial charge in [-0.15, -0.1) is 21.5 Å². The molecule has 0 spiro atoms. The second kappa shape index (κ2) is 7.26. The van der Waals surface area contributed by atoms with Gasteiger partial charge in [0.2, 0.25) is 5.95 Å². The number of alkyl halides is 3. The average molecular weight is 435 g/mol. The zero-order valence-electron chi connectivity index (χ0n) is 16.2. The number of halogens is 3. The minimum atomic E-state index is -4.43. The highest BCUT2D eigenvalue weighted by atomic mass is 32.1. The Balaban J connectivity index is 1.31. The van der Waals surface area contributed by atoms with Gasteiger partial charge >= 0.3 is 6.18 Å². The number of rotatable bonds is 2. The van der Waals surface area contributed by atoms with E-state index >= 15 is 0 Å². The monoisotopic (exact) mass is 435 g/mol. The lowest BCUT2D eigenvalue weighted by Gasteiger charge is -2.34. The lowest BCUT2D eigenvalue weighted by molar-refractivity contribution is -0.137. The van der Waals surface area contributed by atoms with Crippen LogP contribution in [0.15, 0.2) is 24.4 Å². The molecule has 4 heterocycles. The van der Waals surface area contributed by atoms with Gasteiger partial charge in [-0.2, -0.15) is 13.2 Å². The molecular formula is C20H20F3N5OS. The van der Waals surface area contributed by atoms with Gasteiger partial charge in [-0.25, -0.2) is 0 Å². The third-order valence-corrected chi connectivity index (χ3v) is 6.99. The van der Waals surface area contributed by atoms with Crippen molar-refractivity contribution in [2.24, 2.45) is 0 Å². The summed E-state index contributed by atoms with van der Waals surface area (Å²) in [7, 11) is 0. The van der Waals surface area contributed by atoms with Crippen molar-refractivity contribution in [3.63, 3.8) is 0 Å². The number of piperazine rings is 1. The third kappa shape index (κ3) is 3.42. The highest BCUT2D eigenvalue weighted by Gasteiger charge is 2.32. The Kier molecular flexibility index (Phi) is 4.68. The Bertz CT molecular complexity index is 1070. The highest BCUT2D eigenvalue weighted by Crippen LogP contribution is 2.32. The number of nitrogens with zero attached hydrogens (tertiary/aromatic N) is 5. The van der Waals surface area contributed by atoms with Crippen molar-refractivity contribution in [2.75, 3.05) is 31.1 Å². The highest BCUT2D eigenvalue weighted by molar-refractivity contribution is 7.14. The Labute approximate surface area is 174 Å². The molecule has 0 radical (unpaired) electrons. The maximum atomic E-state index is 13.1. The van der Waals surface area contributed by atoms with E-state index in [0.717, 1.165) is 30.0 Å². The van der Waals surface area contributed by atoms with Crippen molar-refractivity contribution in [3.8, 4) is 0 Å². The van der Waals surface area contributed by atoms with E-state index in [-0.39, 0.29) is 5.91 Å². The fourth-order valence-electron chi connectivity index (χ4n) is 4.12. The predicted octanol–water partition coefficient (Wildman–Crippen LogP) is 3.65. The number of aryl methyl sites for hydroxylation is 2. The summed E-state index contributed by atoms with van der Waals surface area (Å²) in [5.74, 6) is 0.411. The van der Waals surface area contributed by atoms with Gasteiger partial charge in [-0.1, -0.05) is 0 Å². The number of carbonyl (C=O) groups excluding carboxylic acids is 1. The topological polar surface area (TPSA) is 53.7 Å². The van der Waals surface area contributed by atoms with Crippen LogP contribution in [0.4, 0.5) is 19.1 Å². The van der Waals surface area contributed by atoms with Crippen LogP contribution in [-0.2, 0) is 19.0 Å². The lowest BCUT2D eigenvalue weighted by Crippen LogP contribution is -2.49. The van der Waals surface area contributed by atoms with Crippen LogP contribution in [0.1, 0.15) is 38.5 Å². The zero-order valence-corrected chi connectivity index (χ0v) is 17.0. The summed E-state index contributed by atoms with van der Waals surface area (Å²) in [6.45, 7) is 1.98. The van der Waals surface area contributed by atoms with E-state index in [0.29, 0.717) is 37.8 Å². The molecule has 158 valence electrons. The van der Waals surface area contributed by atoms with Gasteiger partial charge in [0, 0.05) is 37.3 Å². The summed E-state index contributed by atoms with van der Waals surface area (Å²) < 4.78 is 40.6. The van der Waals surface area contributed by atoms with Gasteiger partial charge in [-0.05, 0) is 49.4 Å². The van der Waals surface area contributed by atoms with Gasteiger partial charge < -0.3 is 9.80 Å². The summed E-state index contributed by atoms with van der Waals surface area (Å²) in [6.07, 6.45) is 1.06. The molecule has 0 atom stereocenters. The molecule has 10 heteroatoms. The normalized spacial score (nSPS) is 17.4. The molecule has 2 aliphatic rings. The molecule has 0 unspecified atom stereocenters. The molecule has 0 N–H and O–H groups in total. The summed E-state index contributed by atoms with van der Waals surface area (Å²) in [6, 6.07) is 4.36. The van der Waals surface area contributed by atoms with E-state index in [1.54, 1.807) is 11.3 Å². The molecule has 6 nitrogen and oxygen atoms in total. The Hall–Kier alpha value is -2.62. The second-order valence-electron chi connectivity index (χ2n) is 7.69. The number of hydrogen-bond donors (Lipinski definition) is 0. The van der Waals surface area contributed by atoms with E-state index in [4.69, 9.17) is 0 Å². The number of thiophene rings is 1. The van der Waals surface area contributed by atoms with Crippen LogP contribution in [0.5, 0.6) is 0 Å². The molecule has 3 aromatic rings. The van der Waals surface area contributed by atoms with E-state index in [1.165, 1.54) is 33.7 Å². The van der Waals surface area contributed by atoms with Gasteiger partial charge in [0.1, 0.15) is 0 Å². The summed E-state index contributed by atoms with van der Waals surface area (Å²) in [5, 5.41) is 8.07. The Morgan fingerprint density at radius 3 is 2.53 bits per heavy atom. The van der Waals surface area contributed by atoms with Crippen molar-refractivity contribution in [1.82, 2.24) is 19.5 Å². The Morgan fingerprint density at radius 1 is 1.03 bits per heavy atom. The number of carbonyl (C=O) groups is 1. The Morgan fingerprint density at radius 2 is 1.80 bits per heavy atom. The first-order chi connectivity index (χ1) is 14.4. The average Bonchev–Trinajstić information content (AvgIpc) is 3.36. The quantitative estimate of drug-likeness (QED) is 0.617. The fraction of sp³-hybridized carbons (Fsp3) is 0.450. The predicted molar refractivity (Wildman–Crippen MR) is 107 cm³/mol. The number of anilines is 1. The summed E-state index contributed by atoms with van der Waals surface area (Å²) >= 11 is 1.60. The molecule has 30 heavy (non-hydrogen) atoms. The van der Waals surface area contributed by atoms with Gasteiger partial charge in [0.25, 0.3) is 5.91 Å². The lowest BCUT2D eigenvalue weighted by atomic mass is 9.99. The first kappa shape index (κ1) is 19.3. The first-order valence-electron chi connectivity index (χ1n) is 9.98. The minimum Gasteiger partial charge on any atom is -0.337 e. The first-order valence-corrected chi connectivity index (χ1v) is 10.8. The number of fused-ring (bicyclic) bond motifs is 2. The largest absolute Gasteiger partial charge is 0.417 e. The van der Waals surface area contributed by atoms with Crippen molar-refractivity contribution in [1.29, 1.82) is 0 Å². The van der Waals surface area contributed by atoms with E-state index < -0.39 is 11.7 Å². The fourth-order valence-corrected chi connectivity index (χ4v) is 5.34. The molecule has 1 aliphatic carbocycles. The molecule has 0 bridgehead atoms. The van der Waals surface area contributed by atoms with E-state index in [9.17, 15) is 18.0 Å². The van der Waals surface area contributed by atoms with Gasteiger partial charge in [0.15, 0.2) is 5.65 Å². The summed E-state index contributed by atoms with van der Waals surface area (Å²) in [4.78, 5) is 18.8. The molecule has 0 aromatic carbocycles. The SMILES string of the molecule is O=C(c1cc2c(s1)CCCC2)N1CCN(c2nnc3ccc(C(F)(F)F)cn23)CC1. The van der Waals surface area contributed by atoms with Crippen LogP contribution in [-0.4, -0.2) is 51.6 Å². The van der Waals surface area contributed by atoms with Crippen molar-refractivity contribution in [3.05, 3.63) is 45.3 Å². The van der Waals surface area contributed by atoms with Crippen LogP contribution in [0.2, 0.25) is 0 Å². The van der Waals surface area contributed by atoms with Crippen LogP contribution in [0, 0.1) is 0 Å². The van der Waals surface area contributed by atoms with Gasteiger partial charge in [-0.3, -0.25) is 9.20 Å². The molecule has 3 aromatic heterocycles. The smallest absolute Gasteiger partial charge is 0.337 e. The maximum Gasteiger partial charge on any atom is 0.417 e. The van der Waals surface area contributed by atoms with Gasteiger partial charge in [0.05, 0.1) is 10.4 Å².